The summed E-state index contributed by atoms with van der Waals surface area (Å²) in [6.07, 6.45) is -1.12. The molecule has 206 valence electrons. The molecule has 0 radical (unpaired) electrons. The van der Waals surface area contributed by atoms with Crippen LogP contribution < -0.4 is 9.64 Å². The summed E-state index contributed by atoms with van der Waals surface area (Å²) >= 11 is 0. The zero-order valence-corrected chi connectivity index (χ0v) is 21.7. The molecular formula is C24H35FN3O8P. The normalized spacial score (nSPS) is 20.7. The number of aliphatic hydroxyl groups excluding tert-OH is 1. The van der Waals surface area contributed by atoms with E-state index in [2.05, 4.69) is 14.3 Å². The Morgan fingerprint density at radius 1 is 1.05 bits per heavy atom. The third-order valence-electron chi connectivity index (χ3n) is 6.89. The molecule has 1 aromatic carbocycles. The summed E-state index contributed by atoms with van der Waals surface area (Å²) < 4.78 is 36.9. The second kappa shape index (κ2) is 11.6. The predicted molar refractivity (Wildman–Crippen MR) is 134 cm³/mol. The Balaban J connectivity index is 1.32. The number of phosphoric acid groups is 1. The van der Waals surface area contributed by atoms with E-state index in [1.54, 1.807) is 6.07 Å². The van der Waals surface area contributed by atoms with Crippen LogP contribution in [-0.2, 0) is 28.5 Å². The molecule has 13 heteroatoms. The molecule has 0 amide bonds. The van der Waals surface area contributed by atoms with Crippen LogP contribution in [-0.4, -0.2) is 86.1 Å². The molecule has 4 rings (SSSR count). The van der Waals surface area contributed by atoms with Crippen molar-refractivity contribution in [1.29, 1.82) is 0 Å². The van der Waals surface area contributed by atoms with Gasteiger partial charge in [-0.2, -0.15) is 0 Å². The van der Waals surface area contributed by atoms with Crippen molar-refractivity contribution in [3.8, 4) is 17.5 Å². The summed E-state index contributed by atoms with van der Waals surface area (Å²) in [6.45, 7) is 6.56. The van der Waals surface area contributed by atoms with Gasteiger partial charge in [-0.15, -0.1) is 0 Å². The summed E-state index contributed by atoms with van der Waals surface area (Å²) in [7, 11) is -4.82. The molecule has 2 heterocycles. The van der Waals surface area contributed by atoms with E-state index in [4.69, 9.17) is 14.5 Å². The number of fused-ring (bicyclic) bond motifs is 1. The van der Waals surface area contributed by atoms with Crippen molar-refractivity contribution in [2.24, 2.45) is 0 Å². The number of hydrogen-bond acceptors (Lipinski definition) is 8. The Morgan fingerprint density at radius 2 is 1.73 bits per heavy atom. The standard InChI is InChI=1S/C24H35FN3O8P/c1-2-12-35-21-5-4-16(25)13-19(21)27-10-8-26(9-11-27)6-3-7-28-23(30)17-14-20(29)22(36-37(32,33)34)15-18(17)24(28)31/h4-5,13,20,22,29-31H,2-3,6-12,14-15H2,1H3,(H2,32,33,34). The number of aromatic nitrogens is 1. The molecule has 5 N–H and O–H groups in total. The van der Waals surface area contributed by atoms with Crippen LogP contribution in [0, 0.1) is 5.82 Å². The van der Waals surface area contributed by atoms with Gasteiger partial charge in [-0.3, -0.25) is 14.0 Å². The minimum atomic E-state index is -4.82. The maximum absolute atomic E-state index is 13.9. The van der Waals surface area contributed by atoms with Crippen LogP contribution in [0.25, 0.3) is 0 Å². The maximum Gasteiger partial charge on any atom is 0.469 e. The lowest BCUT2D eigenvalue weighted by Gasteiger charge is -2.36. The average molecular weight is 544 g/mol. The highest BCUT2D eigenvalue weighted by Gasteiger charge is 2.38. The molecule has 1 saturated heterocycles. The van der Waals surface area contributed by atoms with Gasteiger partial charge in [0.25, 0.3) is 0 Å². The van der Waals surface area contributed by atoms with Gasteiger partial charge in [0.15, 0.2) is 11.8 Å². The van der Waals surface area contributed by atoms with E-state index in [1.807, 2.05) is 6.92 Å². The van der Waals surface area contributed by atoms with Crippen molar-refractivity contribution < 1.29 is 43.3 Å². The van der Waals surface area contributed by atoms with Crippen LogP contribution in [0.3, 0.4) is 0 Å². The van der Waals surface area contributed by atoms with Crippen molar-refractivity contribution in [3.05, 3.63) is 35.1 Å². The molecule has 37 heavy (non-hydrogen) atoms. The molecule has 1 aromatic heterocycles. The Bertz CT molecular complexity index is 1130. The Labute approximate surface area is 214 Å². The van der Waals surface area contributed by atoms with E-state index in [1.165, 1.54) is 16.7 Å². The van der Waals surface area contributed by atoms with Gasteiger partial charge in [-0.25, -0.2) is 8.96 Å². The first-order valence-electron chi connectivity index (χ1n) is 12.5. The molecule has 1 aliphatic carbocycles. The third kappa shape index (κ3) is 6.57. The number of aromatic hydroxyl groups is 2. The van der Waals surface area contributed by atoms with Crippen LogP contribution >= 0.6 is 7.82 Å². The summed E-state index contributed by atoms with van der Waals surface area (Å²) in [5, 5.41) is 31.5. The van der Waals surface area contributed by atoms with Gasteiger partial charge in [-0.1, -0.05) is 6.92 Å². The van der Waals surface area contributed by atoms with Crippen molar-refractivity contribution in [2.75, 3.05) is 44.2 Å². The zero-order valence-electron chi connectivity index (χ0n) is 20.8. The SMILES string of the molecule is CCCOc1ccc(F)cc1N1CCN(CCCn2c(O)c3c(c2O)CC(OP(=O)(O)O)C(O)C3)CC1. The molecule has 1 aliphatic heterocycles. The number of halogens is 1. The van der Waals surface area contributed by atoms with Crippen molar-refractivity contribution >= 4 is 13.5 Å². The second-order valence-corrected chi connectivity index (χ2v) is 10.7. The third-order valence-corrected chi connectivity index (χ3v) is 7.43. The number of hydrogen-bond donors (Lipinski definition) is 5. The topological polar surface area (TPSA) is 148 Å². The van der Waals surface area contributed by atoms with Gasteiger partial charge in [0, 0.05) is 62.8 Å². The number of anilines is 1. The lowest BCUT2D eigenvalue weighted by atomic mass is 9.90. The highest BCUT2D eigenvalue weighted by atomic mass is 31.2. The van der Waals surface area contributed by atoms with Crippen LogP contribution in [0.5, 0.6) is 17.5 Å². The number of rotatable bonds is 10. The van der Waals surface area contributed by atoms with Crippen LogP contribution in [0.2, 0.25) is 0 Å². The highest BCUT2D eigenvalue weighted by Crippen LogP contribution is 2.44. The summed E-state index contributed by atoms with van der Waals surface area (Å²) in [4.78, 5) is 22.5. The van der Waals surface area contributed by atoms with Crippen molar-refractivity contribution in [2.45, 2.75) is 51.4 Å². The number of piperazine rings is 1. The molecule has 2 aliphatic rings. The van der Waals surface area contributed by atoms with Gasteiger partial charge in [0.1, 0.15) is 11.6 Å². The number of phosphoric ester groups is 1. The fourth-order valence-electron chi connectivity index (χ4n) is 5.04. The zero-order chi connectivity index (χ0) is 26.7. The molecule has 2 atom stereocenters. The number of nitrogens with zero attached hydrogens (tertiary/aromatic N) is 3. The number of ether oxygens (including phenoxy) is 1. The largest absolute Gasteiger partial charge is 0.494 e. The van der Waals surface area contributed by atoms with E-state index in [9.17, 15) is 24.3 Å². The molecule has 0 spiro atoms. The first kappa shape index (κ1) is 27.7. The van der Waals surface area contributed by atoms with Crippen LogP contribution in [0.15, 0.2) is 18.2 Å². The highest BCUT2D eigenvalue weighted by molar-refractivity contribution is 7.46. The quantitative estimate of drug-likeness (QED) is 0.282. The minimum Gasteiger partial charge on any atom is -0.494 e. The van der Waals surface area contributed by atoms with Gasteiger partial charge in [-0.05, 0) is 31.5 Å². The van der Waals surface area contributed by atoms with Gasteiger partial charge >= 0.3 is 7.82 Å². The fourth-order valence-corrected chi connectivity index (χ4v) is 5.60. The van der Waals surface area contributed by atoms with Crippen LogP contribution in [0.4, 0.5) is 10.1 Å². The second-order valence-electron chi connectivity index (χ2n) is 9.51. The molecule has 2 aromatic rings. The molecule has 0 saturated carbocycles. The molecule has 2 unspecified atom stereocenters. The summed E-state index contributed by atoms with van der Waals surface area (Å²) in [6, 6.07) is 4.58. The Hall–Kier alpha value is -2.34. The maximum atomic E-state index is 13.9. The molecule has 1 fully saturated rings. The smallest absolute Gasteiger partial charge is 0.469 e. The number of benzene rings is 1. The predicted octanol–water partition coefficient (Wildman–Crippen LogP) is 1.98. The minimum absolute atomic E-state index is 0.0849. The first-order chi connectivity index (χ1) is 17.6. The Morgan fingerprint density at radius 3 is 2.38 bits per heavy atom. The van der Waals surface area contributed by atoms with E-state index in [-0.39, 0.29) is 30.4 Å². The van der Waals surface area contributed by atoms with E-state index < -0.39 is 20.0 Å². The molecule has 0 bridgehead atoms. The number of aliphatic hydroxyl groups is 1. The summed E-state index contributed by atoms with van der Waals surface area (Å²) in [5.74, 6) is 0.0335. The van der Waals surface area contributed by atoms with Crippen LogP contribution in [0.1, 0.15) is 30.9 Å². The van der Waals surface area contributed by atoms with Gasteiger partial charge in [0.2, 0.25) is 0 Å². The Kier molecular flexibility index (Phi) is 8.67. The van der Waals surface area contributed by atoms with Gasteiger partial charge < -0.3 is 34.7 Å². The van der Waals surface area contributed by atoms with Crippen molar-refractivity contribution in [3.63, 3.8) is 0 Å². The lowest BCUT2D eigenvalue weighted by Crippen LogP contribution is -2.46. The summed E-state index contributed by atoms with van der Waals surface area (Å²) in [5.41, 5.74) is 1.44. The van der Waals surface area contributed by atoms with E-state index in [0.717, 1.165) is 25.2 Å². The van der Waals surface area contributed by atoms with E-state index >= 15 is 0 Å². The molecular weight excluding hydrogens is 508 g/mol. The monoisotopic (exact) mass is 543 g/mol. The fraction of sp³-hybridized carbons (Fsp3) is 0.583. The average Bonchev–Trinajstić information content (AvgIpc) is 3.07. The lowest BCUT2D eigenvalue weighted by molar-refractivity contribution is 0.0115. The first-order valence-corrected chi connectivity index (χ1v) is 14.0. The molecule has 11 nitrogen and oxygen atoms in total. The van der Waals surface area contributed by atoms with Gasteiger partial charge in [0.05, 0.1) is 24.5 Å². The van der Waals surface area contributed by atoms with E-state index in [0.29, 0.717) is 56.1 Å². The van der Waals surface area contributed by atoms with Crippen molar-refractivity contribution in [1.82, 2.24) is 9.47 Å².